The highest BCUT2D eigenvalue weighted by Crippen LogP contribution is 2.17. The van der Waals surface area contributed by atoms with Gasteiger partial charge in [0.2, 0.25) is 0 Å². The summed E-state index contributed by atoms with van der Waals surface area (Å²) in [6, 6.07) is 8.74. The van der Waals surface area contributed by atoms with Crippen molar-refractivity contribution in [1.29, 1.82) is 0 Å². The van der Waals surface area contributed by atoms with Gasteiger partial charge in [0, 0.05) is 39.8 Å². The highest BCUT2D eigenvalue weighted by Gasteiger charge is 2.22. The van der Waals surface area contributed by atoms with E-state index < -0.39 is 5.60 Å². The maximum absolute atomic E-state index is 11.6. The van der Waals surface area contributed by atoms with Crippen LogP contribution in [0.4, 0.5) is 4.79 Å². The predicted octanol–water partition coefficient (Wildman–Crippen LogP) is 4.07. The van der Waals surface area contributed by atoms with E-state index in [4.69, 9.17) is 9.47 Å². The topological polar surface area (TPSA) is 75.2 Å². The van der Waals surface area contributed by atoms with Gasteiger partial charge in [-0.2, -0.15) is 0 Å². The number of aliphatic imine (C=N–C) groups is 1. The summed E-state index contributed by atoms with van der Waals surface area (Å²) in [6.45, 7) is 13.8. The fraction of sp³-hybridized carbons (Fsp3) is 0.680. The number of piperidine rings is 1. The quantitative estimate of drug-likeness (QED) is 0.358. The van der Waals surface area contributed by atoms with Crippen LogP contribution < -0.4 is 10.6 Å². The van der Waals surface area contributed by atoms with E-state index in [-0.39, 0.29) is 12.2 Å². The summed E-state index contributed by atoms with van der Waals surface area (Å²) < 4.78 is 11.2. The Morgan fingerprint density at radius 2 is 1.84 bits per heavy atom. The standard InChI is InChI=1S/C25H42N4O3/c1-19-8-10-21(11-9-19)20(2)18-28-23(26-6)29-15-12-22(13-16-29)31-17-7-14-27-24(30)32-25(3,4)5/h8-11,20,22H,7,12-18H2,1-6H3,(H,26,28)(H,27,30). The Morgan fingerprint density at radius 3 is 2.44 bits per heavy atom. The number of guanidine groups is 1. The third-order valence-electron chi connectivity index (χ3n) is 5.51. The highest BCUT2D eigenvalue weighted by molar-refractivity contribution is 5.80. The number of likely N-dealkylation sites (tertiary alicyclic amines) is 1. The molecule has 1 aromatic rings. The molecule has 1 unspecified atom stereocenters. The first kappa shape index (κ1) is 26.0. The summed E-state index contributed by atoms with van der Waals surface area (Å²) >= 11 is 0. The zero-order valence-corrected chi connectivity index (χ0v) is 20.7. The summed E-state index contributed by atoms with van der Waals surface area (Å²) in [5.74, 6) is 1.38. The minimum Gasteiger partial charge on any atom is -0.444 e. The zero-order valence-electron chi connectivity index (χ0n) is 20.7. The van der Waals surface area contributed by atoms with E-state index in [9.17, 15) is 4.79 Å². The monoisotopic (exact) mass is 446 g/mol. The van der Waals surface area contributed by atoms with Gasteiger partial charge in [-0.15, -0.1) is 0 Å². The molecule has 2 rings (SSSR count). The van der Waals surface area contributed by atoms with E-state index in [1.54, 1.807) is 0 Å². The molecule has 1 aliphatic rings. The molecule has 0 aromatic heterocycles. The van der Waals surface area contributed by atoms with Gasteiger partial charge in [0.25, 0.3) is 0 Å². The number of hydrogen-bond donors (Lipinski definition) is 2. The Morgan fingerprint density at radius 1 is 1.19 bits per heavy atom. The largest absolute Gasteiger partial charge is 0.444 e. The van der Waals surface area contributed by atoms with Crippen LogP contribution in [0.3, 0.4) is 0 Å². The van der Waals surface area contributed by atoms with Gasteiger partial charge in [0.1, 0.15) is 5.60 Å². The van der Waals surface area contributed by atoms with Crippen LogP contribution in [-0.4, -0.2) is 68.5 Å². The molecule has 1 aromatic carbocycles. The molecule has 0 spiro atoms. The summed E-state index contributed by atoms with van der Waals surface area (Å²) in [4.78, 5) is 18.4. The van der Waals surface area contributed by atoms with Crippen molar-refractivity contribution in [3.63, 3.8) is 0 Å². The number of ether oxygens (including phenoxy) is 2. The lowest BCUT2D eigenvalue weighted by Gasteiger charge is -2.34. The number of carbonyl (C=O) groups is 1. The van der Waals surface area contributed by atoms with Crippen LogP contribution in [0, 0.1) is 6.92 Å². The molecule has 1 heterocycles. The van der Waals surface area contributed by atoms with E-state index in [1.807, 2.05) is 27.8 Å². The first-order valence-electron chi connectivity index (χ1n) is 11.8. The summed E-state index contributed by atoms with van der Waals surface area (Å²) in [5.41, 5.74) is 2.16. The van der Waals surface area contributed by atoms with E-state index in [0.717, 1.165) is 44.9 Å². The second-order valence-electron chi connectivity index (χ2n) is 9.58. The molecule has 180 valence electrons. The predicted molar refractivity (Wildman–Crippen MR) is 130 cm³/mol. The summed E-state index contributed by atoms with van der Waals surface area (Å²) in [6.07, 6.45) is 2.62. The Hall–Kier alpha value is -2.28. The lowest BCUT2D eigenvalue weighted by Crippen LogP contribution is -2.47. The Labute approximate surface area is 194 Å². The maximum atomic E-state index is 11.6. The minimum absolute atomic E-state index is 0.261. The van der Waals surface area contributed by atoms with Crippen molar-refractivity contribution in [2.45, 2.75) is 71.5 Å². The number of benzene rings is 1. The summed E-state index contributed by atoms with van der Waals surface area (Å²) in [7, 11) is 1.85. The molecule has 1 aliphatic heterocycles. The molecule has 1 atom stereocenters. The van der Waals surface area contributed by atoms with E-state index in [2.05, 4.69) is 58.6 Å². The second-order valence-corrected chi connectivity index (χ2v) is 9.58. The molecule has 1 saturated heterocycles. The molecular weight excluding hydrogens is 404 g/mol. The molecular formula is C25H42N4O3. The van der Waals surface area contributed by atoms with Crippen molar-refractivity contribution in [3.05, 3.63) is 35.4 Å². The van der Waals surface area contributed by atoms with Crippen LogP contribution in [0.5, 0.6) is 0 Å². The third kappa shape index (κ3) is 9.47. The fourth-order valence-corrected chi connectivity index (χ4v) is 3.65. The molecule has 1 fully saturated rings. The first-order valence-corrected chi connectivity index (χ1v) is 11.8. The second kappa shape index (κ2) is 12.7. The van der Waals surface area contributed by atoms with Crippen LogP contribution in [0.2, 0.25) is 0 Å². The number of rotatable bonds is 8. The van der Waals surface area contributed by atoms with Crippen molar-refractivity contribution in [2.24, 2.45) is 4.99 Å². The number of hydrogen-bond acceptors (Lipinski definition) is 4. The van der Waals surface area contributed by atoms with Crippen LogP contribution in [0.25, 0.3) is 0 Å². The number of nitrogens with one attached hydrogen (secondary N) is 2. The van der Waals surface area contributed by atoms with Crippen molar-refractivity contribution >= 4 is 12.1 Å². The van der Waals surface area contributed by atoms with Gasteiger partial charge in [-0.25, -0.2) is 4.79 Å². The highest BCUT2D eigenvalue weighted by atomic mass is 16.6. The molecule has 0 aliphatic carbocycles. The van der Waals surface area contributed by atoms with Crippen LogP contribution in [0.1, 0.15) is 64.0 Å². The van der Waals surface area contributed by atoms with Gasteiger partial charge >= 0.3 is 6.09 Å². The molecule has 0 saturated carbocycles. The minimum atomic E-state index is -0.469. The fourth-order valence-electron chi connectivity index (χ4n) is 3.65. The lowest BCUT2D eigenvalue weighted by atomic mass is 10.00. The number of amides is 1. The molecule has 0 bridgehead atoms. The normalized spacial score (nSPS) is 16.6. The van der Waals surface area contributed by atoms with Gasteiger partial charge in [0.05, 0.1) is 6.10 Å². The third-order valence-corrected chi connectivity index (χ3v) is 5.51. The van der Waals surface area contributed by atoms with Gasteiger partial charge < -0.3 is 25.0 Å². The molecule has 2 N–H and O–H groups in total. The number of nitrogens with zero attached hydrogens (tertiary/aromatic N) is 2. The molecule has 7 heteroatoms. The average Bonchev–Trinajstić information content (AvgIpc) is 2.74. The Balaban J connectivity index is 1.62. The van der Waals surface area contributed by atoms with Crippen LogP contribution in [0.15, 0.2) is 29.3 Å². The van der Waals surface area contributed by atoms with Crippen molar-refractivity contribution in [3.8, 4) is 0 Å². The van der Waals surface area contributed by atoms with Gasteiger partial charge in [0.15, 0.2) is 5.96 Å². The van der Waals surface area contributed by atoms with Crippen molar-refractivity contribution in [2.75, 3.05) is 39.8 Å². The average molecular weight is 447 g/mol. The lowest BCUT2D eigenvalue weighted by molar-refractivity contribution is 0.0170. The Kier molecular flexibility index (Phi) is 10.3. The van der Waals surface area contributed by atoms with Crippen molar-refractivity contribution in [1.82, 2.24) is 15.5 Å². The van der Waals surface area contributed by atoms with Gasteiger partial charge in [-0.3, -0.25) is 4.99 Å². The zero-order chi connectivity index (χ0) is 23.6. The van der Waals surface area contributed by atoms with Crippen molar-refractivity contribution < 1.29 is 14.3 Å². The molecule has 32 heavy (non-hydrogen) atoms. The SMILES string of the molecule is CN=C(NCC(C)c1ccc(C)cc1)N1CCC(OCCCNC(=O)OC(C)(C)C)CC1. The van der Waals surface area contributed by atoms with E-state index >= 15 is 0 Å². The van der Waals surface area contributed by atoms with Gasteiger partial charge in [-0.1, -0.05) is 36.8 Å². The summed E-state index contributed by atoms with van der Waals surface area (Å²) in [5, 5.41) is 6.31. The number of aryl methyl sites for hydroxylation is 1. The smallest absolute Gasteiger partial charge is 0.407 e. The number of alkyl carbamates (subject to hydrolysis) is 1. The molecule has 0 radical (unpaired) electrons. The van der Waals surface area contributed by atoms with E-state index in [1.165, 1.54) is 11.1 Å². The van der Waals surface area contributed by atoms with Crippen LogP contribution in [-0.2, 0) is 9.47 Å². The van der Waals surface area contributed by atoms with Gasteiger partial charge in [-0.05, 0) is 58.4 Å². The Bertz CT molecular complexity index is 720. The molecule has 1 amide bonds. The first-order chi connectivity index (χ1) is 15.2. The number of carbonyl (C=O) groups excluding carboxylic acids is 1. The maximum Gasteiger partial charge on any atom is 0.407 e. The molecule has 7 nitrogen and oxygen atoms in total. The van der Waals surface area contributed by atoms with Crippen LogP contribution >= 0.6 is 0 Å². The van der Waals surface area contributed by atoms with E-state index in [0.29, 0.717) is 19.1 Å².